The molecule has 1 aromatic rings. The standard InChI is InChI=1S/C15H21FN2O/c1-11(12-6-5-7-13(16)10-12)18-14(19)15(2)8-3-4-9-17-15/h5-7,10-11,17H,3-4,8-9H2,1-2H3,(H,18,19)/t11-,15?/m1/s1. The van der Waals surface area contributed by atoms with E-state index >= 15 is 0 Å². The molecule has 0 aromatic heterocycles. The maximum Gasteiger partial charge on any atom is 0.240 e. The summed E-state index contributed by atoms with van der Waals surface area (Å²) in [5, 5.41) is 6.24. The molecule has 1 fully saturated rings. The Labute approximate surface area is 113 Å². The van der Waals surface area contributed by atoms with Crippen LogP contribution in [-0.4, -0.2) is 18.0 Å². The van der Waals surface area contributed by atoms with Crippen LogP contribution in [0.1, 0.15) is 44.7 Å². The molecule has 0 bridgehead atoms. The predicted octanol–water partition coefficient (Wildman–Crippen LogP) is 2.54. The van der Waals surface area contributed by atoms with Crippen molar-refractivity contribution in [3.05, 3.63) is 35.6 Å². The van der Waals surface area contributed by atoms with Crippen LogP contribution in [0.3, 0.4) is 0 Å². The molecule has 0 radical (unpaired) electrons. The number of rotatable bonds is 3. The summed E-state index contributed by atoms with van der Waals surface area (Å²) in [4.78, 5) is 12.3. The zero-order valence-corrected chi connectivity index (χ0v) is 11.5. The lowest BCUT2D eigenvalue weighted by Gasteiger charge is -2.34. The largest absolute Gasteiger partial charge is 0.348 e. The van der Waals surface area contributed by atoms with Gasteiger partial charge in [-0.3, -0.25) is 4.79 Å². The topological polar surface area (TPSA) is 41.1 Å². The Morgan fingerprint density at radius 3 is 2.89 bits per heavy atom. The Kier molecular flexibility index (Phi) is 4.20. The number of carbonyl (C=O) groups excluding carboxylic acids is 1. The minimum absolute atomic E-state index is 0.0102. The van der Waals surface area contributed by atoms with E-state index in [0.29, 0.717) is 0 Å². The van der Waals surface area contributed by atoms with Crippen molar-refractivity contribution in [2.24, 2.45) is 0 Å². The molecule has 3 nitrogen and oxygen atoms in total. The summed E-state index contributed by atoms with van der Waals surface area (Å²) >= 11 is 0. The quantitative estimate of drug-likeness (QED) is 0.881. The number of nitrogens with one attached hydrogen (secondary N) is 2. The van der Waals surface area contributed by atoms with E-state index in [1.165, 1.54) is 12.1 Å². The summed E-state index contributed by atoms with van der Waals surface area (Å²) in [5.41, 5.74) is 0.285. The van der Waals surface area contributed by atoms with E-state index in [0.717, 1.165) is 31.4 Å². The number of amides is 1. The second-order valence-corrected chi connectivity index (χ2v) is 5.47. The van der Waals surface area contributed by atoms with Crippen molar-refractivity contribution in [3.8, 4) is 0 Å². The summed E-state index contributed by atoms with van der Waals surface area (Å²) in [6.07, 6.45) is 3.02. The van der Waals surface area contributed by atoms with Crippen LogP contribution in [0.25, 0.3) is 0 Å². The van der Waals surface area contributed by atoms with Gasteiger partial charge in [-0.25, -0.2) is 4.39 Å². The lowest BCUT2D eigenvalue weighted by atomic mass is 9.89. The molecule has 1 heterocycles. The van der Waals surface area contributed by atoms with Gasteiger partial charge in [0.15, 0.2) is 0 Å². The smallest absolute Gasteiger partial charge is 0.240 e. The average molecular weight is 264 g/mol. The normalized spacial score (nSPS) is 24.8. The Morgan fingerprint density at radius 2 is 2.26 bits per heavy atom. The second-order valence-electron chi connectivity index (χ2n) is 5.47. The third kappa shape index (κ3) is 3.32. The minimum Gasteiger partial charge on any atom is -0.348 e. The monoisotopic (exact) mass is 264 g/mol. The van der Waals surface area contributed by atoms with E-state index < -0.39 is 5.54 Å². The summed E-state index contributed by atoms with van der Waals surface area (Å²) < 4.78 is 13.2. The van der Waals surface area contributed by atoms with Crippen molar-refractivity contribution >= 4 is 5.91 Å². The molecule has 0 aliphatic carbocycles. The third-order valence-corrected chi connectivity index (χ3v) is 3.82. The first-order chi connectivity index (χ1) is 9.01. The molecule has 1 aliphatic rings. The molecule has 2 N–H and O–H groups in total. The van der Waals surface area contributed by atoms with Crippen molar-refractivity contribution in [3.63, 3.8) is 0 Å². The van der Waals surface area contributed by atoms with Gasteiger partial charge in [0.05, 0.1) is 11.6 Å². The first kappa shape index (κ1) is 14.0. The molecule has 1 aromatic carbocycles. The average Bonchev–Trinajstić information content (AvgIpc) is 2.39. The van der Waals surface area contributed by atoms with Crippen LogP contribution in [0, 0.1) is 5.82 Å². The molecule has 0 spiro atoms. The zero-order valence-electron chi connectivity index (χ0n) is 11.5. The molecule has 1 unspecified atom stereocenters. The van der Waals surface area contributed by atoms with Gasteiger partial charge in [0, 0.05) is 0 Å². The lowest BCUT2D eigenvalue weighted by Crippen LogP contribution is -2.57. The Bertz CT molecular complexity index is 455. The van der Waals surface area contributed by atoms with Crippen molar-refractivity contribution in [1.82, 2.24) is 10.6 Å². The molecule has 1 amide bonds. The number of benzene rings is 1. The van der Waals surface area contributed by atoms with Crippen molar-refractivity contribution in [2.75, 3.05) is 6.54 Å². The maximum absolute atomic E-state index is 13.2. The van der Waals surface area contributed by atoms with E-state index in [1.54, 1.807) is 6.07 Å². The summed E-state index contributed by atoms with van der Waals surface area (Å²) in [5.74, 6) is -0.287. The highest BCUT2D eigenvalue weighted by atomic mass is 19.1. The lowest BCUT2D eigenvalue weighted by molar-refractivity contribution is -0.128. The summed E-state index contributed by atoms with van der Waals surface area (Å²) in [6.45, 7) is 4.68. The van der Waals surface area contributed by atoms with Crippen molar-refractivity contribution in [2.45, 2.75) is 44.7 Å². The SMILES string of the molecule is C[C@@H](NC(=O)C1(C)CCCCN1)c1cccc(F)c1. The van der Waals surface area contributed by atoms with Crippen LogP contribution in [0.2, 0.25) is 0 Å². The van der Waals surface area contributed by atoms with E-state index in [4.69, 9.17) is 0 Å². The zero-order chi connectivity index (χ0) is 13.9. The van der Waals surface area contributed by atoms with E-state index in [9.17, 15) is 9.18 Å². The van der Waals surface area contributed by atoms with Gasteiger partial charge in [-0.2, -0.15) is 0 Å². The van der Waals surface area contributed by atoms with E-state index in [-0.39, 0.29) is 17.8 Å². The fraction of sp³-hybridized carbons (Fsp3) is 0.533. The van der Waals surface area contributed by atoms with Crippen molar-refractivity contribution < 1.29 is 9.18 Å². The molecule has 2 atom stereocenters. The minimum atomic E-state index is -0.500. The highest BCUT2D eigenvalue weighted by molar-refractivity contribution is 5.86. The summed E-state index contributed by atoms with van der Waals surface area (Å²) in [7, 11) is 0. The number of hydrogen-bond acceptors (Lipinski definition) is 2. The molecular formula is C15H21FN2O. The summed E-state index contributed by atoms with van der Waals surface area (Å²) in [6, 6.07) is 6.16. The molecule has 0 saturated carbocycles. The molecule has 19 heavy (non-hydrogen) atoms. The van der Waals surface area contributed by atoms with Gasteiger partial charge in [-0.05, 0) is 57.4 Å². The molecule has 4 heteroatoms. The highest BCUT2D eigenvalue weighted by Gasteiger charge is 2.34. The van der Waals surface area contributed by atoms with Gasteiger partial charge in [0.1, 0.15) is 5.82 Å². The van der Waals surface area contributed by atoms with E-state index in [1.807, 2.05) is 19.9 Å². The van der Waals surface area contributed by atoms with Crippen LogP contribution in [0.5, 0.6) is 0 Å². The predicted molar refractivity (Wildman–Crippen MR) is 73.2 cm³/mol. The van der Waals surface area contributed by atoms with E-state index in [2.05, 4.69) is 10.6 Å². The first-order valence-corrected chi connectivity index (χ1v) is 6.83. The van der Waals surface area contributed by atoms with Crippen LogP contribution < -0.4 is 10.6 Å². The number of halogens is 1. The fourth-order valence-corrected chi connectivity index (χ4v) is 2.47. The second kappa shape index (κ2) is 5.70. The first-order valence-electron chi connectivity index (χ1n) is 6.83. The van der Waals surface area contributed by atoms with Gasteiger partial charge in [-0.1, -0.05) is 12.1 Å². The highest BCUT2D eigenvalue weighted by Crippen LogP contribution is 2.21. The third-order valence-electron chi connectivity index (χ3n) is 3.82. The Morgan fingerprint density at radius 1 is 1.47 bits per heavy atom. The van der Waals surface area contributed by atoms with Crippen molar-refractivity contribution in [1.29, 1.82) is 0 Å². The molecule has 1 saturated heterocycles. The van der Waals surface area contributed by atoms with Crippen LogP contribution in [0.15, 0.2) is 24.3 Å². The van der Waals surface area contributed by atoms with Gasteiger partial charge in [-0.15, -0.1) is 0 Å². The number of hydrogen-bond donors (Lipinski definition) is 2. The molecular weight excluding hydrogens is 243 g/mol. The number of piperidine rings is 1. The van der Waals surface area contributed by atoms with Gasteiger partial charge < -0.3 is 10.6 Å². The van der Waals surface area contributed by atoms with Crippen LogP contribution >= 0.6 is 0 Å². The number of carbonyl (C=O) groups is 1. The van der Waals surface area contributed by atoms with Crippen LogP contribution in [-0.2, 0) is 4.79 Å². The molecule has 104 valence electrons. The molecule has 1 aliphatic heterocycles. The Hall–Kier alpha value is -1.42. The molecule has 2 rings (SSSR count). The maximum atomic E-state index is 13.2. The van der Waals surface area contributed by atoms with Gasteiger partial charge in [0.25, 0.3) is 0 Å². The Balaban J connectivity index is 2.02. The van der Waals surface area contributed by atoms with Crippen LogP contribution in [0.4, 0.5) is 4.39 Å². The fourth-order valence-electron chi connectivity index (χ4n) is 2.47. The van der Waals surface area contributed by atoms with Gasteiger partial charge >= 0.3 is 0 Å². The van der Waals surface area contributed by atoms with Gasteiger partial charge in [0.2, 0.25) is 5.91 Å².